The summed E-state index contributed by atoms with van der Waals surface area (Å²) in [5, 5.41) is 0. The normalized spacial score (nSPS) is 32.4. The van der Waals surface area contributed by atoms with E-state index in [1.807, 2.05) is 0 Å². The number of hydrogen-bond donors (Lipinski definition) is 1. The van der Waals surface area contributed by atoms with E-state index < -0.39 is 0 Å². The molecule has 1 aliphatic carbocycles. The van der Waals surface area contributed by atoms with Crippen molar-refractivity contribution >= 4 is 0 Å². The molecule has 1 saturated heterocycles. The van der Waals surface area contributed by atoms with Crippen LogP contribution in [0.15, 0.2) is 0 Å². The van der Waals surface area contributed by atoms with Gasteiger partial charge in [-0.3, -0.25) is 4.90 Å². The minimum Gasteiger partial charge on any atom is -0.329 e. The fraction of sp³-hybridized carbons (Fsp3) is 1.00. The molecule has 1 aliphatic heterocycles. The van der Waals surface area contributed by atoms with Gasteiger partial charge >= 0.3 is 0 Å². The third-order valence-corrected chi connectivity index (χ3v) is 5.43. The molecule has 2 heteroatoms. The Hall–Kier alpha value is -0.0800. The molecule has 0 bridgehead atoms. The van der Waals surface area contributed by atoms with Crippen molar-refractivity contribution in [1.82, 2.24) is 4.90 Å². The van der Waals surface area contributed by atoms with Gasteiger partial charge in [0.1, 0.15) is 0 Å². The molecule has 0 spiro atoms. The van der Waals surface area contributed by atoms with E-state index in [9.17, 15) is 0 Å². The minimum absolute atomic E-state index is 0.214. The van der Waals surface area contributed by atoms with Crippen molar-refractivity contribution in [2.75, 3.05) is 13.1 Å². The van der Waals surface area contributed by atoms with Gasteiger partial charge in [-0.15, -0.1) is 0 Å². The molecular formula is C17H34N2. The Morgan fingerprint density at radius 1 is 0.895 bits per heavy atom. The van der Waals surface area contributed by atoms with Crippen LogP contribution in [-0.4, -0.2) is 29.1 Å². The monoisotopic (exact) mass is 266 g/mol. The molecule has 0 atom stereocenters. The molecule has 0 unspecified atom stereocenters. The molecular weight excluding hydrogens is 232 g/mol. The van der Waals surface area contributed by atoms with Crippen LogP contribution in [-0.2, 0) is 0 Å². The lowest BCUT2D eigenvalue weighted by Crippen LogP contribution is -2.64. The van der Waals surface area contributed by atoms with Gasteiger partial charge in [0.15, 0.2) is 0 Å². The number of nitrogens with zero attached hydrogens (tertiary/aromatic N) is 1. The predicted octanol–water partition coefficient (Wildman–Crippen LogP) is 3.79. The summed E-state index contributed by atoms with van der Waals surface area (Å²) in [6.45, 7) is 16.6. The molecule has 2 nitrogen and oxygen atoms in total. The van der Waals surface area contributed by atoms with E-state index >= 15 is 0 Å². The summed E-state index contributed by atoms with van der Waals surface area (Å²) >= 11 is 0. The van der Waals surface area contributed by atoms with Gasteiger partial charge in [0, 0.05) is 17.6 Å². The highest BCUT2D eigenvalue weighted by molar-refractivity contribution is 5.09. The van der Waals surface area contributed by atoms with Crippen LogP contribution in [0.25, 0.3) is 0 Å². The van der Waals surface area contributed by atoms with E-state index in [4.69, 9.17) is 5.73 Å². The molecule has 0 amide bonds. The van der Waals surface area contributed by atoms with Crippen molar-refractivity contribution in [3.05, 3.63) is 0 Å². The van der Waals surface area contributed by atoms with Crippen molar-refractivity contribution in [1.29, 1.82) is 0 Å². The lowest BCUT2D eigenvalue weighted by atomic mass is 9.57. The van der Waals surface area contributed by atoms with Gasteiger partial charge in [-0.2, -0.15) is 0 Å². The first kappa shape index (κ1) is 15.3. The summed E-state index contributed by atoms with van der Waals surface area (Å²) in [7, 11) is 0. The van der Waals surface area contributed by atoms with Gasteiger partial charge in [0.25, 0.3) is 0 Å². The van der Waals surface area contributed by atoms with Crippen molar-refractivity contribution in [2.45, 2.75) is 84.7 Å². The summed E-state index contributed by atoms with van der Waals surface area (Å²) in [5.41, 5.74) is 7.68. The van der Waals surface area contributed by atoms with E-state index in [0.717, 1.165) is 6.54 Å². The Kier molecular flexibility index (Phi) is 3.59. The maximum absolute atomic E-state index is 6.34. The molecule has 0 aromatic carbocycles. The first-order chi connectivity index (χ1) is 8.52. The molecule has 0 radical (unpaired) electrons. The average molecular weight is 266 g/mol. The Bertz CT molecular complexity index is 325. The molecule has 2 fully saturated rings. The number of hydrogen-bond acceptors (Lipinski definition) is 2. The van der Waals surface area contributed by atoms with Crippen LogP contribution >= 0.6 is 0 Å². The SMILES string of the molecule is CC1(C)CC(C)(C)CC(CN)(N2CCCC2(C)C)C1. The van der Waals surface area contributed by atoms with Gasteiger partial charge in [-0.25, -0.2) is 0 Å². The summed E-state index contributed by atoms with van der Waals surface area (Å²) in [5.74, 6) is 0. The highest BCUT2D eigenvalue weighted by atomic mass is 15.3. The molecule has 0 aromatic rings. The Morgan fingerprint density at radius 2 is 1.42 bits per heavy atom. The molecule has 2 aliphatic rings. The average Bonchev–Trinajstić information content (AvgIpc) is 2.53. The maximum Gasteiger partial charge on any atom is 0.0347 e. The zero-order valence-corrected chi connectivity index (χ0v) is 14.0. The summed E-state index contributed by atoms with van der Waals surface area (Å²) in [6.07, 6.45) is 6.47. The van der Waals surface area contributed by atoms with Crippen LogP contribution in [0, 0.1) is 10.8 Å². The predicted molar refractivity (Wildman–Crippen MR) is 83.2 cm³/mol. The second-order valence-electron chi connectivity index (χ2n) is 9.35. The molecule has 2 rings (SSSR count). The number of nitrogens with two attached hydrogens (primary N) is 1. The Morgan fingerprint density at radius 3 is 1.79 bits per heavy atom. The lowest BCUT2D eigenvalue weighted by molar-refractivity contribution is -0.0686. The lowest BCUT2D eigenvalue weighted by Gasteiger charge is -2.58. The molecule has 1 saturated carbocycles. The molecule has 1 heterocycles. The first-order valence-electron chi connectivity index (χ1n) is 8.00. The fourth-order valence-electron chi connectivity index (χ4n) is 5.70. The van der Waals surface area contributed by atoms with E-state index in [0.29, 0.717) is 16.4 Å². The van der Waals surface area contributed by atoms with Crippen LogP contribution in [0.5, 0.6) is 0 Å². The highest BCUT2D eigenvalue weighted by Gasteiger charge is 2.53. The van der Waals surface area contributed by atoms with E-state index in [2.05, 4.69) is 46.4 Å². The van der Waals surface area contributed by atoms with Gasteiger partial charge in [-0.1, -0.05) is 27.7 Å². The van der Waals surface area contributed by atoms with E-state index in [1.54, 1.807) is 0 Å². The zero-order chi connectivity index (χ0) is 14.5. The quantitative estimate of drug-likeness (QED) is 0.824. The second kappa shape index (κ2) is 4.46. The van der Waals surface area contributed by atoms with E-state index in [1.165, 1.54) is 38.6 Å². The van der Waals surface area contributed by atoms with Crippen LogP contribution in [0.1, 0.15) is 73.6 Å². The molecule has 0 aromatic heterocycles. The maximum atomic E-state index is 6.34. The topological polar surface area (TPSA) is 29.3 Å². The van der Waals surface area contributed by atoms with Crippen molar-refractivity contribution < 1.29 is 0 Å². The highest BCUT2D eigenvalue weighted by Crippen LogP contribution is 2.54. The van der Waals surface area contributed by atoms with Crippen molar-refractivity contribution in [2.24, 2.45) is 16.6 Å². The van der Waals surface area contributed by atoms with Gasteiger partial charge in [-0.05, 0) is 63.3 Å². The summed E-state index contributed by atoms with van der Waals surface area (Å²) in [4.78, 5) is 2.77. The number of likely N-dealkylation sites (tertiary alicyclic amines) is 1. The third-order valence-electron chi connectivity index (χ3n) is 5.43. The fourth-order valence-corrected chi connectivity index (χ4v) is 5.70. The largest absolute Gasteiger partial charge is 0.329 e. The number of rotatable bonds is 2. The van der Waals surface area contributed by atoms with Crippen molar-refractivity contribution in [3.8, 4) is 0 Å². The van der Waals surface area contributed by atoms with Gasteiger partial charge < -0.3 is 5.73 Å². The van der Waals surface area contributed by atoms with Crippen molar-refractivity contribution in [3.63, 3.8) is 0 Å². The van der Waals surface area contributed by atoms with Crippen LogP contribution in [0.2, 0.25) is 0 Å². The van der Waals surface area contributed by atoms with Crippen LogP contribution < -0.4 is 5.73 Å². The summed E-state index contributed by atoms with van der Waals surface area (Å²) < 4.78 is 0. The Balaban J connectivity index is 2.36. The first-order valence-corrected chi connectivity index (χ1v) is 8.00. The molecule has 112 valence electrons. The van der Waals surface area contributed by atoms with E-state index in [-0.39, 0.29) is 5.54 Å². The van der Waals surface area contributed by atoms with Gasteiger partial charge in [0.2, 0.25) is 0 Å². The Labute approximate surface area is 120 Å². The molecule has 2 N–H and O–H groups in total. The summed E-state index contributed by atoms with van der Waals surface area (Å²) in [6, 6.07) is 0. The smallest absolute Gasteiger partial charge is 0.0347 e. The zero-order valence-electron chi connectivity index (χ0n) is 14.0. The minimum atomic E-state index is 0.214. The molecule has 19 heavy (non-hydrogen) atoms. The second-order valence-corrected chi connectivity index (χ2v) is 9.35. The van der Waals surface area contributed by atoms with Crippen LogP contribution in [0.3, 0.4) is 0 Å². The standard InChI is InChI=1S/C17H34N2/c1-14(2)10-15(3,4)12-17(11-14,13-18)19-9-7-8-16(19,5)6/h7-13,18H2,1-6H3. The van der Waals surface area contributed by atoms with Gasteiger partial charge in [0.05, 0.1) is 0 Å². The van der Waals surface area contributed by atoms with Crippen LogP contribution in [0.4, 0.5) is 0 Å². The third kappa shape index (κ3) is 2.85.